The largest absolute Gasteiger partial charge is 0.322 e. The number of aryl methyl sites for hydroxylation is 1. The molecular weight excluding hydrogens is 426 g/mol. The Bertz CT molecular complexity index is 1080. The van der Waals surface area contributed by atoms with Gasteiger partial charge in [0.1, 0.15) is 5.01 Å². The van der Waals surface area contributed by atoms with E-state index in [4.69, 9.17) is 0 Å². The molecule has 0 aliphatic heterocycles. The summed E-state index contributed by atoms with van der Waals surface area (Å²) >= 11 is 2.64. The number of carbonyl (C=O) groups is 2. The molecule has 1 heterocycles. The van der Waals surface area contributed by atoms with E-state index in [9.17, 15) is 19.7 Å². The van der Waals surface area contributed by atoms with E-state index in [0.29, 0.717) is 16.4 Å². The number of benzene rings is 2. The molecule has 30 heavy (non-hydrogen) atoms. The lowest BCUT2D eigenvalue weighted by atomic mass is 10.2. The van der Waals surface area contributed by atoms with Crippen LogP contribution in [0.5, 0.6) is 0 Å². The molecular formula is C19H17N5O4S2. The van der Waals surface area contributed by atoms with Crippen molar-refractivity contribution in [3.05, 3.63) is 69.2 Å². The van der Waals surface area contributed by atoms with E-state index in [-0.39, 0.29) is 17.5 Å². The number of non-ortho nitro benzene ring substituents is 1. The van der Waals surface area contributed by atoms with E-state index in [1.165, 1.54) is 47.4 Å². The zero-order valence-electron chi connectivity index (χ0n) is 16.0. The Balaban J connectivity index is 1.61. The first-order valence-corrected chi connectivity index (χ1v) is 10.4. The molecule has 3 rings (SSSR count). The van der Waals surface area contributed by atoms with Crippen molar-refractivity contribution in [1.82, 2.24) is 10.2 Å². The van der Waals surface area contributed by atoms with Gasteiger partial charge in [0.15, 0.2) is 0 Å². The SMILES string of the molecule is Cc1nnc(NC(=O)C(C)Sc2cccc(NC(=O)c3ccc([N+](=O)[O-])cc3)c2)s1. The van der Waals surface area contributed by atoms with E-state index >= 15 is 0 Å². The van der Waals surface area contributed by atoms with Gasteiger partial charge in [0.05, 0.1) is 10.2 Å². The fourth-order valence-electron chi connectivity index (χ4n) is 2.40. The molecule has 2 amide bonds. The highest BCUT2D eigenvalue weighted by atomic mass is 32.2. The molecule has 154 valence electrons. The fourth-order valence-corrected chi connectivity index (χ4v) is 3.92. The second-order valence-electron chi connectivity index (χ2n) is 6.16. The summed E-state index contributed by atoms with van der Waals surface area (Å²) in [5, 5.41) is 24.8. The summed E-state index contributed by atoms with van der Waals surface area (Å²) < 4.78 is 0. The Morgan fingerprint density at radius 2 is 1.87 bits per heavy atom. The number of hydrogen-bond donors (Lipinski definition) is 2. The maximum atomic E-state index is 12.4. The van der Waals surface area contributed by atoms with Crippen LogP contribution < -0.4 is 10.6 Å². The number of carbonyl (C=O) groups excluding carboxylic acids is 2. The topological polar surface area (TPSA) is 127 Å². The van der Waals surface area contributed by atoms with E-state index in [0.717, 1.165) is 9.90 Å². The molecule has 0 bridgehead atoms. The third-order valence-corrected chi connectivity index (χ3v) is 5.72. The molecule has 1 atom stereocenters. The first-order valence-electron chi connectivity index (χ1n) is 8.75. The Morgan fingerprint density at radius 3 is 2.50 bits per heavy atom. The Morgan fingerprint density at radius 1 is 1.13 bits per heavy atom. The van der Waals surface area contributed by atoms with Crippen molar-refractivity contribution < 1.29 is 14.5 Å². The molecule has 11 heteroatoms. The highest BCUT2D eigenvalue weighted by Gasteiger charge is 2.17. The van der Waals surface area contributed by atoms with Gasteiger partial charge in [0, 0.05) is 28.3 Å². The number of thioether (sulfide) groups is 1. The zero-order valence-corrected chi connectivity index (χ0v) is 17.6. The Hall–Kier alpha value is -3.31. The van der Waals surface area contributed by atoms with Crippen molar-refractivity contribution >= 4 is 51.4 Å². The molecule has 2 N–H and O–H groups in total. The lowest BCUT2D eigenvalue weighted by Crippen LogP contribution is -2.22. The lowest BCUT2D eigenvalue weighted by Gasteiger charge is -2.12. The predicted octanol–water partition coefficient (Wildman–Crippen LogP) is 4.13. The summed E-state index contributed by atoms with van der Waals surface area (Å²) in [5.41, 5.74) is 0.773. The number of anilines is 2. The van der Waals surface area contributed by atoms with Crippen LogP contribution in [0, 0.1) is 17.0 Å². The van der Waals surface area contributed by atoms with E-state index in [1.807, 2.05) is 13.0 Å². The molecule has 0 saturated carbocycles. The highest BCUT2D eigenvalue weighted by Crippen LogP contribution is 2.27. The van der Waals surface area contributed by atoms with Gasteiger partial charge >= 0.3 is 0 Å². The smallest absolute Gasteiger partial charge is 0.269 e. The maximum Gasteiger partial charge on any atom is 0.269 e. The van der Waals surface area contributed by atoms with Crippen LogP contribution in [0.15, 0.2) is 53.4 Å². The summed E-state index contributed by atoms with van der Waals surface area (Å²) in [6, 6.07) is 12.4. The Labute approximate surface area is 180 Å². The van der Waals surface area contributed by atoms with Crippen molar-refractivity contribution in [1.29, 1.82) is 0 Å². The minimum Gasteiger partial charge on any atom is -0.322 e. The van der Waals surface area contributed by atoms with Crippen molar-refractivity contribution in [2.24, 2.45) is 0 Å². The lowest BCUT2D eigenvalue weighted by molar-refractivity contribution is -0.384. The van der Waals surface area contributed by atoms with Crippen LogP contribution in [0.2, 0.25) is 0 Å². The van der Waals surface area contributed by atoms with Crippen LogP contribution in [0.3, 0.4) is 0 Å². The molecule has 3 aromatic rings. The minimum absolute atomic E-state index is 0.0825. The molecule has 0 spiro atoms. The molecule has 0 radical (unpaired) electrons. The minimum atomic E-state index is -0.522. The molecule has 0 saturated heterocycles. The van der Waals surface area contributed by atoms with Gasteiger partial charge in [-0.05, 0) is 44.2 Å². The van der Waals surface area contributed by atoms with Crippen LogP contribution >= 0.6 is 23.1 Å². The first kappa shape index (κ1) is 21.4. The highest BCUT2D eigenvalue weighted by molar-refractivity contribution is 8.00. The van der Waals surface area contributed by atoms with E-state index in [1.54, 1.807) is 25.1 Å². The third kappa shape index (κ3) is 5.61. The van der Waals surface area contributed by atoms with Gasteiger partial charge in [0.2, 0.25) is 11.0 Å². The van der Waals surface area contributed by atoms with Gasteiger partial charge in [-0.15, -0.1) is 22.0 Å². The van der Waals surface area contributed by atoms with E-state index < -0.39 is 10.2 Å². The number of amides is 2. The monoisotopic (exact) mass is 443 g/mol. The van der Waals surface area contributed by atoms with Gasteiger partial charge < -0.3 is 5.32 Å². The Kier molecular flexibility index (Phi) is 6.75. The van der Waals surface area contributed by atoms with Gasteiger partial charge in [-0.2, -0.15) is 0 Å². The van der Waals surface area contributed by atoms with Crippen LogP contribution in [0.1, 0.15) is 22.3 Å². The van der Waals surface area contributed by atoms with E-state index in [2.05, 4.69) is 20.8 Å². The van der Waals surface area contributed by atoms with Gasteiger partial charge in [0.25, 0.3) is 11.6 Å². The number of nitrogens with one attached hydrogen (secondary N) is 2. The molecule has 1 unspecified atom stereocenters. The summed E-state index contributed by atoms with van der Waals surface area (Å²) in [4.78, 5) is 35.7. The zero-order chi connectivity index (χ0) is 21.7. The van der Waals surface area contributed by atoms with Crippen LogP contribution in [-0.4, -0.2) is 32.2 Å². The standard InChI is InChI=1S/C19H17N5O4S2/c1-11(17(25)21-19-23-22-12(2)30-19)29-16-5-3-4-14(10-16)20-18(26)13-6-8-15(9-7-13)24(27)28/h3-11H,1-2H3,(H,20,26)(H,21,23,25). The number of nitro benzene ring substituents is 1. The third-order valence-electron chi connectivity index (χ3n) is 3.87. The van der Waals surface area contributed by atoms with Crippen molar-refractivity contribution in [2.45, 2.75) is 24.0 Å². The van der Waals surface area contributed by atoms with Crippen molar-refractivity contribution in [2.75, 3.05) is 10.6 Å². The van der Waals surface area contributed by atoms with Crippen LogP contribution in [-0.2, 0) is 4.79 Å². The summed E-state index contributed by atoms with van der Waals surface area (Å²) in [6.07, 6.45) is 0. The summed E-state index contributed by atoms with van der Waals surface area (Å²) in [6.45, 7) is 3.58. The molecule has 2 aromatic carbocycles. The maximum absolute atomic E-state index is 12.4. The number of aromatic nitrogens is 2. The number of nitrogens with zero attached hydrogens (tertiary/aromatic N) is 3. The summed E-state index contributed by atoms with van der Waals surface area (Å²) in [7, 11) is 0. The number of hydrogen-bond acceptors (Lipinski definition) is 8. The molecule has 0 aliphatic carbocycles. The summed E-state index contributed by atoms with van der Waals surface area (Å²) in [5.74, 6) is -0.582. The second-order valence-corrected chi connectivity index (χ2v) is 8.76. The molecule has 1 aromatic heterocycles. The molecule has 0 aliphatic rings. The van der Waals surface area contributed by atoms with Crippen LogP contribution in [0.4, 0.5) is 16.5 Å². The number of rotatable bonds is 7. The van der Waals surface area contributed by atoms with Gasteiger partial charge in [-0.25, -0.2) is 0 Å². The number of nitro groups is 1. The second kappa shape index (κ2) is 9.46. The van der Waals surface area contributed by atoms with Crippen molar-refractivity contribution in [3.8, 4) is 0 Å². The fraction of sp³-hybridized carbons (Fsp3) is 0.158. The van der Waals surface area contributed by atoms with Gasteiger partial charge in [-0.3, -0.25) is 25.0 Å². The molecule has 0 fully saturated rings. The van der Waals surface area contributed by atoms with Gasteiger partial charge in [-0.1, -0.05) is 17.4 Å². The normalized spacial score (nSPS) is 11.5. The average Bonchev–Trinajstić information content (AvgIpc) is 3.12. The first-order chi connectivity index (χ1) is 14.3. The molecule has 9 nitrogen and oxygen atoms in total. The van der Waals surface area contributed by atoms with Crippen LogP contribution in [0.25, 0.3) is 0 Å². The van der Waals surface area contributed by atoms with Crippen molar-refractivity contribution in [3.63, 3.8) is 0 Å². The predicted molar refractivity (Wildman–Crippen MR) is 116 cm³/mol. The quantitative estimate of drug-likeness (QED) is 0.319. The average molecular weight is 444 g/mol.